The van der Waals surface area contributed by atoms with Gasteiger partial charge in [0.2, 0.25) is 10.0 Å². The molecular weight excluding hydrogens is 388 g/mol. The summed E-state index contributed by atoms with van der Waals surface area (Å²) in [5.41, 5.74) is 1.06. The average Bonchev–Trinajstić information content (AvgIpc) is 3.23. The molecule has 0 spiro atoms. The summed E-state index contributed by atoms with van der Waals surface area (Å²) >= 11 is 1.43. The number of amides is 1. The summed E-state index contributed by atoms with van der Waals surface area (Å²) in [6.45, 7) is 0.484. The van der Waals surface area contributed by atoms with Crippen molar-refractivity contribution in [2.75, 3.05) is 25.5 Å². The molecule has 1 unspecified atom stereocenters. The Morgan fingerprint density at radius 2 is 1.96 bits per heavy atom. The monoisotopic (exact) mass is 408 g/mol. The molecule has 1 fully saturated rings. The van der Waals surface area contributed by atoms with Crippen LogP contribution in [-0.2, 0) is 19.6 Å². The van der Waals surface area contributed by atoms with Gasteiger partial charge in [-0.1, -0.05) is 0 Å². The minimum atomic E-state index is -3.71. The Morgan fingerprint density at radius 1 is 1.22 bits per heavy atom. The molecule has 27 heavy (non-hydrogen) atoms. The second-order valence-electron chi connectivity index (χ2n) is 6.22. The molecule has 1 aromatic carbocycles. The summed E-state index contributed by atoms with van der Waals surface area (Å²) in [6.07, 6.45) is 1.22. The van der Waals surface area contributed by atoms with Crippen molar-refractivity contribution in [3.05, 3.63) is 46.7 Å². The Bertz CT molecular complexity index is 908. The maximum absolute atomic E-state index is 12.9. The number of nitrogens with one attached hydrogen (secondary N) is 1. The molecule has 1 aromatic heterocycles. The van der Waals surface area contributed by atoms with Gasteiger partial charge >= 0.3 is 5.97 Å². The van der Waals surface area contributed by atoms with Gasteiger partial charge in [0.15, 0.2) is 0 Å². The first-order chi connectivity index (χ1) is 12.9. The maximum atomic E-state index is 12.9. The molecule has 2 aromatic rings. The highest BCUT2D eigenvalue weighted by molar-refractivity contribution is 7.89. The summed E-state index contributed by atoms with van der Waals surface area (Å²) in [4.78, 5) is 23.9. The number of benzene rings is 1. The highest BCUT2D eigenvalue weighted by Crippen LogP contribution is 2.25. The molecule has 2 heterocycles. The lowest BCUT2D eigenvalue weighted by Gasteiger charge is -2.30. The molecular formula is C18H20N2O5S2. The van der Waals surface area contributed by atoms with Crippen molar-refractivity contribution in [3.63, 3.8) is 0 Å². The topological polar surface area (TPSA) is 92.8 Å². The third kappa shape index (κ3) is 4.37. The first kappa shape index (κ1) is 19.5. The molecule has 0 bridgehead atoms. The van der Waals surface area contributed by atoms with E-state index >= 15 is 0 Å². The van der Waals surface area contributed by atoms with Gasteiger partial charge in [0, 0.05) is 24.2 Å². The smallest absolute Gasteiger partial charge is 0.309 e. The molecule has 1 atom stereocenters. The van der Waals surface area contributed by atoms with Gasteiger partial charge < -0.3 is 10.1 Å². The van der Waals surface area contributed by atoms with E-state index in [4.69, 9.17) is 4.74 Å². The third-order valence-corrected chi connectivity index (χ3v) is 7.01. The van der Waals surface area contributed by atoms with E-state index in [9.17, 15) is 18.0 Å². The first-order valence-electron chi connectivity index (χ1n) is 8.43. The van der Waals surface area contributed by atoms with Crippen LogP contribution in [0.25, 0.3) is 0 Å². The normalized spacial score (nSPS) is 18.0. The molecule has 1 aliphatic rings. The number of hydrogen-bond acceptors (Lipinski definition) is 6. The minimum Gasteiger partial charge on any atom is -0.469 e. The molecule has 7 nitrogen and oxygen atoms in total. The van der Waals surface area contributed by atoms with Crippen LogP contribution >= 0.6 is 11.3 Å². The van der Waals surface area contributed by atoms with Gasteiger partial charge in [-0.15, -0.1) is 0 Å². The standard InChI is InChI=1S/C18H20N2O5S2/c1-25-18(22)13-3-2-9-20(11-13)27(23,24)16-6-4-15(5-7-16)19-17(21)14-8-10-26-12-14/h4-8,10,12-13H,2-3,9,11H2,1H3,(H,19,21). The van der Waals surface area contributed by atoms with Crippen LogP contribution in [0.2, 0.25) is 0 Å². The summed E-state index contributed by atoms with van der Waals surface area (Å²) in [7, 11) is -2.41. The molecule has 1 aliphatic heterocycles. The van der Waals surface area contributed by atoms with Crippen LogP contribution in [0, 0.1) is 5.92 Å². The van der Waals surface area contributed by atoms with E-state index in [1.165, 1.54) is 34.9 Å². The molecule has 1 saturated heterocycles. The summed E-state index contributed by atoms with van der Waals surface area (Å²) in [6, 6.07) is 7.74. The van der Waals surface area contributed by atoms with E-state index in [0.29, 0.717) is 30.6 Å². The van der Waals surface area contributed by atoms with Gasteiger partial charge in [0.25, 0.3) is 5.91 Å². The maximum Gasteiger partial charge on any atom is 0.309 e. The lowest BCUT2D eigenvalue weighted by molar-refractivity contribution is -0.146. The Balaban J connectivity index is 1.71. The number of thiophene rings is 1. The number of methoxy groups -OCH3 is 1. The van der Waals surface area contributed by atoms with Gasteiger partial charge in [0.05, 0.1) is 23.5 Å². The lowest BCUT2D eigenvalue weighted by Crippen LogP contribution is -2.42. The number of carbonyl (C=O) groups is 2. The van der Waals surface area contributed by atoms with Crippen molar-refractivity contribution in [1.29, 1.82) is 0 Å². The SMILES string of the molecule is COC(=O)C1CCCN(S(=O)(=O)c2ccc(NC(=O)c3ccsc3)cc2)C1. The fourth-order valence-corrected chi connectivity index (χ4v) is 5.14. The molecule has 1 amide bonds. The molecule has 144 valence electrons. The van der Waals surface area contributed by atoms with Gasteiger partial charge in [-0.3, -0.25) is 9.59 Å². The second-order valence-corrected chi connectivity index (χ2v) is 8.93. The van der Waals surface area contributed by atoms with Crippen LogP contribution in [0.5, 0.6) is 0 Å². The summed E-state index contributed by atoms with van der Waals surface area (Å²) < 4.78 is 31.8. The number of esters is 1. The van der Waals surface area contributed by atoms with E-state index in [-0.39, 0.29) is 23.3 Å². The predicted molar refractivity (Wildman–Crippen MR) is 102 cm³/mol. The van der Waals surface area contributed by atoms with Gasteiger partial charge in [0.1, 0.15) is 0 Å². The minimum absolute atomic E-state index is 0.117. The number of sulfonamides is 1. The highest BCUT2D eigenvalue weighted by Gasteiger charge is 2.33. The lowest BCUT2D eigenvalue weighted by atomic mass is 10.0. The van der Waals surface area contributed by atoms with Crippen LogP contribution < -0.4 is 5.32 Å². The van der Waals surface area contributed by atoms with E-state index < -0.39 is 15.9 Å². The fraction of sp³-hybridized carbons (Fsp3) is 0.333. The van der Waals surface area contributed by atoms with Crippen molar-refractivity contribution < 1.29 is 22.7 Å². The zero-order valence-corrected chi connectivity index (χ0v) is 16.4. The van der Waals surface area contributed by atoms with E-state index in [1.54, 1.807) is 23.6 Å². The van der Waals surface area contributed by atoms with Crippen molar-refractivity contribution in [2.45, 2.75) is 17.7 Å². The largest absolute Gasteiger partial charge is 0.469 e. The Kier molecular flexibility index (Phi) is 5.93. The third-order valence-electron chi connectivity index (χ3n) is 4.45. The Hall–Kier alpha value is -2.23. The fourth-order valence-electron chi connectivity index (χ4n) is 2.98. The highest BCUT2D eigenvalue weighted by atomic mass is 32.2. The number of anilines is 1. The Labute approximate surface area is 162 Å². The zero-order valence-electron chi connectivity index (χ0n) is 14.8. The number of hydrogen-bond donors (Lipinski definition) is 1. The number of ether oxygens (including phenoxy) is 1. The second kappa shape index (κ2) is 8.20. The van der Waals surface area contributed by atoms with Gasteiger partial charge in [-0.2, -0.15) is 15.6 Å². The quantitative estimate of drug-likeness (QED) is 0.768. The van der Waals surface area contributed by atoms with Crippen LogP contribution in [0.3, 0.4) is 0 Å². The summed E-state index contributed by atoms with van der Waals surface area (Å²) in [5.74, 6) is -1.08. The number of piperidine rings is 1. The van der Waals surface area contributed by atoms with Crippen molar-refractivity contribution >= 4 is 38.9 Å². The average molecular weight is 409 g/mol. The first-order valence-corrected chi connectivity index (χ1v) is 10.8. The van der Waals surface area contributed by atoms with Crippen LogP contribution in [0.1, 0.15) is 23.2 Å². The number of rotatable bonds is 5. The van der Waals surface area contributed by atoms with Crippen molar-refractivity contribution in [1.82, 2.24) is 4.31 Å². The van der Waals surface area contributed by atoms with E-state index in [2.05, 4.69) is 5.32 Å². The zero-order chi connectivity index (χ0) is 19.4. The molecule has 0 radical (unpaired) electrons. The number of carbonyl (C=O) groups excluding carboxylic acids is 2. The molecule has 1 N–H and O–H groups in total. The van der Waals surface area contributed by atoms with E-state index in [1.807, 2.05) is 5.38 Å². The number of nitrogens with zero attached hydrogens (tertiary/aromatic N) is 1. The molecule has 9 heteroatoms. The molecule has 0 aliphatic carbocycles. The van der Waals surface area contributed by atoms with Crippen LogP contribution in [-0.4, -0.2) is 44.8 Å². The van der Waals surface area contributed by atoms with Gasteiger partial charge in [-0.25, -0.2) is 8.42 Å². The predicted octanol–water partition coefficient (Wildman–Crippen LogP) is 2.57. The van der Waals surface area contributed by atoms with Gasteiger partial charge in [-0.05, 0) is 48.6 Å². The molecule has 3 rings (SSSR count). The van der Waals surface area contributed by atoms with Crippen molar-refractivity contribution in [2.24, 2.45) is 5.92 Å². The van der Waals surface area contributed by atoms with Crippen LogP contribution in [0.15, 0.2) is 46.0 Å². The summed E-state index contributed by atoms with van der Waals surface area (Å²) in [5, 5.41) is 6.28. The van der Waals surface area contributed by atoms with Crippen molar-refractivity contribution in [3.8, 4) is 0 Å². The van der Waals surface area contributed by atoms with E-state index in [0.717, 1.165) is 0 Å². The Morgan fingerprint density at radius 3 is 2.59 bits per heavy atom. The molecule has 0 saturated carbocycles. The van der Waals surface area contributed by atoms with Crippen LogP contribution in [0.4, 0.5) is 5.69 Å².